The second-order valence-electron chi connectivity index (χ2n) is 6.70. The normalized spacial score (nSPS) is 20.0. The van der Waals surface area contributed by atoms with Gasteiger partial charge in [0.25, 0.3) is 0 Å². The van der Waals surface area contributed by atoms with Gasteiger partial charge in [0, 0.05) is 0 Å². The lowest BCUT2D eigenvalue weighted by molar-refractivity contribution is -0.274. The van der Waals surface area contributed by atoms with Gasteiger partial charge in [-0.05, 0) is 56.9 Å². The van der Waals surface area contributed by atoms with Crippen molar-refractivity contribution in [2.24, 2.45) is 0 Å². The maximum Gasteiger partial charge on any atom is 0.573 e. The van der Waals surface area contributed by atoms with Gasteiger partial charge in [0.05, 0.1) is 22.8 Å². The Morgan fingerprint density at radius 2 is 1.80 bits per heavy atom. The summed E-state index contributed by atoms with van der Waals surface area (Å²) >= 11 is 6.02. The van der Waals surface area contributed by atoms with Gasteiger partial charge in [-0.25, -0.2) is 0 Å². The number of aliphatic hydroxyl groups is 1. The number of halogens is 4. The van der Waals surface area contributed by atoms with Crippen molar-refractivity contribution in [2.75, 3.05) is 6.61 Å². The Hall–Kier alpha value is -1.22. The molecule has 0 bridgehead atoms. The highest BCUT2D eigenvalue weighted by Crippen LogP contribution is 2.39. The van der Waals surface area contributed by atoms with Crippen LogP contribution in [-0.4, -0.2) is 36.4 Å². The molecule has 2 rings (SSSR count). The molecule has 0 aliphatic carbocycles. The van der Waals surface area contributed by atoms with Crippen molar-refractivity contribution < 1.29 is 32.3 Å². The minimum atomic E-state index is -4.79. The Bertz CT molecular complexity index is 658. The standard InChI is InChI=1S/C16H19BClF3O4/c1-14(2)15(3,4)25-17(24-14)11(9-22)7-10-5-6-12(8-13(10)18)23-16(19,20)21/h5-8,22H,9H2,1-4H3. The third-order valence-corrected chi connectivity index (χ3v) is 4.61. The lowest BCUT2D eigenvalue weighted by Gasteiger charge is -2.32. The van der Waals surface area contributed by atoms with Crippen LogP contribution in [0.2, 0.25) is 5.02 Å². The van der Waals surface area contributed by atoms with Gasteiger partial charge >= 0.3 is 13.5 Å². The molecule has 0 spiro atoms. The molecular weight excluding hydrogens is 359 g/mol. The Labute approximate surface area is 149 Å². The molecule has 0 amide bonds. The van der Waals surface area contributed by atoms with E-state index < -0.39 is 30.4 Å². The molecule has 25 heavy (non-hydrogen) atoms. The van der Waals surface area contributed by atoms with Crippen molar-refractivity contribution >= 4 is 24.8 Å². The third kappa shape index (κ3) is 4.70. The Balaban J connectivity index is 2.26. The summed E-state index contributed by atoms with van der Waals surface area (Å²) in [7, 11) is -0.780. The molecule has 0 saturated carbocycles. The monoisotopic (exact) mass is 378 g/mol. The van der Waals surface area contributed by atoms with Crippen LogP contribution in [0.25, 0.3) is 6.08 Å². The lowest BCUT2D eigenvalue weighted by atomic mass is 9.77. The van der Waals surface area contributed by atoms with E-state index in [0.717, 1.165) is 12.1 Å². The first-order valence-corrected chi connectivity index (χ1v) is 7.95. The molecule has 9 heteroatoms. The quantitative estimate of drug-likeness (QED) is 0.796. The largest absolute Gasteiger partial charge is 0.573 e. The highest BCUT2D eigenvalue weighted by Gasteiger charge is 2.52. The number of hydrogen-bond donors (Lipinski definition) is 1. The van der Waals surface area contributed by atoms with E-state index in [1.54, 1.807) is 0 Å². The van der Waals surface area contributed by atoms with Crippen LogP contribution in [0.4, 0.5) is 13.2 Å². The summed E-state index contributed by atoms with van der Waals surface area (Å²) in [5.41, 5.74) is -0.347. The van der Waals surface area contributed by atoms with Gasteiger partial charge in [-0.2, -0.15) is 0 Å². The van der Waals surface area contributed by atoms with Crippen LogP contribution in [0.15, 0.2) is 23.7 Å². The molecule has 138 valence electrons. The van der Waals surface area contributed by atoms with Gasteiger partial charge in [-0.15, -0.1) is 13.2 Å². The predicted octanol–water partition coefficient (Wildman–Crippen LogP) is 4.25. The Morgan fingerprint density at radius 1 is 1.24 bits per heavy atom. The maximum atomic E-state index is 12.2. The van der Waals surface area contributed by atoms with Gasteiger partial charge in [-0.1, -0.05) is 17.7 Å². The van der Waals surface area contributed by atoms with E-state index in [2.05, 4.69) is 4.74 Å². The summed E-state index contributed by atoms with van der Waals surface area (Å²) < 4.78 is 52.3. The van der Waals surface area contributed by atoms with Crippen LogP contribution in [-0.2, 0) is 9.31 Å². The second kappa shape index (κ2) is 6.83. The summed E-state index contributed by atoms with van der Waals surface area (Å²) in [6.07, 6.45) is -3.26. The fraction of sp³-hybridized carbons (Fsp3) is 0.500. The van der Waals surface area contributed by atoms with E-state index >= 15 is 0 Å². The molecule has 1 aromatic rings. The molecule has 1 aromatic carbocycles. The van der Waals surface area contributed by atoms with E-state index in [1.165, 1.54) is 12.1 Å². The number of aliphatic hydroxyl groups excluding tert-OH is 1. The number of alkyl halides is 3. The van der Waals surface area contributed by atoms with Crippen molar-refractivity contribution in [1.82, 2.24) is 0 Å². The molecule has 1 aliphatic rings. The van der Waals surface area contributed by atoms with E-state index in [4.69, 9.17) is 20.9 Å². The van der Waals surface area contributed by atoms with Gasteiger partial charge in [-0.3, -0.25) is 0 Å². The molecule has 4 nitrogen and oxygen atoms in total. The SMILES string of the molecule is CC1(C)OB(C(=Cc2ccc(OC(F)(F)F)cc2Cl)CO)OC1(C)C. The minimum Gasteiger partial charge on any atom is -0.406 e. The van der Waals surface area contributed by atoms with Crippen molar-refractivity contribution in [3.63, 3.8) is 0 Å². The van der Waals surface area contributed by atoms with E-state index in [9.17, 15) is 18.3 Å². The topological polar surface area (TPSA) is 47.9 Å². The van der Waals surface area contributed by atoms with Crippen LogP contribution in [0, 0.1) is 0 Å². The van der Waals surface area contributed by atoms with Crippen molar-refractivity contribution in [1.29, 1.82) is 0 Å². The number of hydrogen-bond acceptors (Lipinski definition) is 4. The highest BCUT2D eigenvalue weighted by atomic mass is 35.5. The molecule has 1 N–H and O–H groups in total. The van der Waals surface area contributed by atoms with Gasteiger partial charge < -0.3 is 19.2 Å². The van der Waals surface area contributed by atoms with Crippen molar-refractivity contribution in [2.45, 2.75) is 45.3 Å². The van der Waals surface area contributed by atoms with Crippen LogP contribution < -0.4 is 4.74 Å². The zero-order valence-corrected chi connectivity index (χ0v) is 15.0. The first-order valence-electron chi connectivity index (χ1n) is 7.57. The number of ether oxygens (including phenoxy) is 1. The highest BCUT2D eigenvalue weighted by molar-refractivity contribution is 6.56. The smallest absolute Gasteiger partial charge is 0.406 e. The lowest BCUT2D eigenvalue weighted by Crippen LogP contribution is -2.41. The molecule has 0 aromatic heterocycles. The summed E-state index contributed by atoms with van der Waals surface area (Å²) in [5, 5.41) is 9.69. The predicted molar refractivity (Wildman–Crippen MR) is 89.3 cm³/mol. The fourth-order valence-electron chi connectivity index (χ4n) is 2.20. The van der Waals surface area contributed by atoms with E-state index in [-0.39, 0.29) is 11.6 Å². The minimum absolute atomic E-state index is 0.0456. The molecule has 0 unspecified atom stereocenters. The van der Waals surface area contributed by atoms with Crippen LogP contribution in [0.5, 0.6) is 5.75 Å². The van der Waals surface area contributed by atoms with Gasteiger partial charge in [0.1, 0.15) is 5.75 Å². The van der Waals surface area contributed by atoms with Gasteiger partial charge in [0.2, 0.25) is 0 Å². The second-order valence-corrected chi connectivity index (χ2v) is 7.10. The molecule has 1 fully saturated rings. The van der Waals surface area contributed by atoms with Crippen molar-refractivity contribution in [3.05, 3.63) is 34.3 Å². The summed E-state index contributed by atoms with van der Waals surface area (Å²) in [6, 6.07) is 3.56. The van der Waals surface area contributed by atoms with Crippen LogP contribution >= 0.6 is 11.6 Å². The van der Waals surface area contributed by atoms with Crippen LogP contribution in [0.3, 0.4) is 0 Å². The third-order valence-electron chi connectivity index (χ3n) is 4.28. The molecule has 1 aliphatic heterocycles. The first kappa shape index (κ1) is 20.1. The molecule has 1 saturated heterocycles. The Kier molecular flexibility index (Phi) is 5.49. The van der Waals surface area contributed by atoms with Crippen molar-refractivity contribution in [3.8, 4) is 5.75 Å². The zero-order chi connectivity index (χ0) is 19.0. The number of benzene rings is 1. The molecule has 1 heterocycles. The summed E-state index contributed by atoms with van der Waals surface area (Å²) in [6.45, 7) is 7.14. The maximum absolute atomic E-state index is 12.2. The summed E-state index contributed by atoms with van der Waals surface area (Å²) in [4.78, 5) is 0. The average molecular weight is 379 g/mol. The van der Waals surface area contributed by atoms with E-state index in [0.29, 0.717) is 11.0 Å². The Morgan fingerprint density at radius 3 is 2.24 bits per heavy atom. The zero-order valence-electron chi connectivity index (χ0n) is 14.3. The first-order chi connectivity index (χ1) is 11.3. The molecule has 0 atom stereocenters. The van der Waals surface area contributed by atoms with Gasteiger partial charge in [0.15, 0.2) is 0 Å². The fourth-order valence-corrected chi connectivity index (χ4v) is 2.43. The van der Waals surface area contributed by atoms with Crippen LogP contribution in [0.1, 0.15) is 33.3 Å². The van der Waals surface area contributed by atoms with E-state index in [1.807, 2.05) is 27.7 Å². The average Bonchev–Trinajstić information content (AvgIpc) is 2.64. The number of rotatable bonds is 4. The summed E-state index contributed by atoms with van der Waals surface area (Å²) in [5.74, 6) is -0.421. The molecule has 0 radical (unpaired) electrons. The molecular formula is C16H19BClF3O4.